The van der Waals surface area contributed by atoms with Gasteiger partial charge in [0.2, 0.25) is 0 Å². The third-order valence-corrected chi connectivity index (χ3v) is 2.96. The van der Waals surface area contributed by atoms with Crippen LogP contribution in [0.1, 0.15) is 18.1 Å². The van der Waals surface area contributed by atoms with E-state index in [0.717, 1.165) is 12.0 Å². The van der Waals surface area contributed by atoms with Crippen LogP contribution in [0.25, 0.3) is 0 Å². The second kappa shape index (κ2) is 3.37. The third-order valence-electron chi connectivity index (χ3n) is 1.94. The van der Waals surface area contributed by atoms with Crippen LogP contribution in [0, 0.1) is 0 Å². The van der Waals surface area contributed by atoms with Gasteiger partial charge in [-0.05, 0) is 12.0 Å². The molecule has 2 atom stereocenters. The highest BCUT2D eigenvalue weighted by atomic mass is 32.2. The van der Waals surface area contributed by atoms with E-state index in [0.29, 0.717) is 5.75 Å². The lowest BCUT2D eigenvalue weighted by molar-refractivity contribution is 0.257. The van der Waals surface area contributed by atoms with Crippen molar-refractivity contribution >= 4 is 11.1 Å². The summed E-state index contributed by atoms with van der Waals surface area (Å²) in [7, 11) is 0. The fourth-order valence-electron chi connectivity index (χ4n) is 1.32. The first-order chi connectivity index (χ1) is 5.86. The van der Waals surface area contributed by atoms with Gasteiger partial charge in [-0.25, -0.2) is 4.21 Å². The van der Waals surface area contributed by atoms with Crippen molar-refractivity contribution in [1.29, 1.82) is 0 Å². The normalized spacial score (nSPS) is 29.0. The molecule has 1 saturated heterocycles. The van der Waals surface area contributed by atoms with E-state index in [-0.39, 0.29) is 6.10 Å². The lowest BCUT2D eigenvalue weighted by atomic mass is 10.1. The number of rotatable bonds is 1. The zero-order valence-corrected chi connectivity index (χ0v) is 7.42. The number of hydrogen-bond acceptors (Lipinski definition) is 2. The summed E-state index contributed by atoms with van der Waals surface area (Å²) >= 11 is -1.05. The summed E-state index contributed by atoms with van der Waals surface area (Å²) in [5, 5.41) is 0. The van der Waals surface area contributed by atoms with E-state index in [4.69, 9.17) is 4.18 Å². The van der Waals surface area contributed by atoms with Gasteiger partial charge in [0, 0.05) is 0 Å². The van der Waals surface area contributed by atoms with Gasteiger partial charge in [0.05, 0.1) is 5.75 Å². The number of hydrogen-bond donors (Lipinski definition) is 0. The maximum absolute atomic E-state index is 10.9. The van der Waals surface area contributed by atoms with Gasteiger partial charge < -0.3 is 0 Å². The molecule has 1 aromatic rings. The molecule has 3 heteroatoms. The molecule has 2 nitrogen and oxygen atoms in total. The Morgan fingerprint density at radius 3 is 2.67 bits per heavy atom. The second-order valence-electron chi connectivity index (χ2n) is 2.79. The minimum Gasteiger partial charge on any atom is -0.282 e. The highest BCUT2D eigenvalue weighted by molar-refractivity contribution is 7.80. The average molecular weight is 182 g/mol. The van der Waals surface area contributed by atoms with Crippen LogP contribution < -0.4 is 0 Å². The maximum Gasteiger partial charge on any atom is 0.156 e. The van der Waals surface area contributed by atoms with E-state index in [9.17, 15) is 4.21 Å². The third kappa shape index (κ3) is 1.57. The van der Waals surface area contributed by atoms with E-state index in [1.165, 1.54) is 0 Å². The average Bonchev–Trinajstić information content (AvgIpc) is 2.54. The molecule has 0 amide bonds. The lowest BCUT2D eigenvalue weighted by Crippen LogP contribution is -1.94. The minimum absolute atomic E-state index is 0.0482. The van der Waals surface area contributed by atoms with E-state index >= 15 is 0 Å². The molecule has 64 valence electrons. The standard InChI is InChI=1S/C9H10O2S/c10-12-7-6-9(11-12)8-4-2-1-3-5-8/h1-5,9H,6-7H2. The van der Waals surface area contributed by atoms with Crippen molar-refractivity contribution in [2.75, 3.05) is 5.75 Å². The summed E-state index contributed by atoms with van der Waals surface area (Å²) in [6, 6.07) is 9.93. The Hall–Kier alpha value is -0.670. The van der Waals surface area contributed by atoms with E-state index in [2.05, 4.69) is 0 Å². The molecule has 2 unspecified atom stereocenters. The SMILES string of the molecule is O=S1CCC(c2ccccc2)O1. The Morgan fingerprint density at radius 2 is 2.08 bits per heavy atom. The molecule has 0 saturated carbocycles. The maximum atomic E-state index is 10.9. The fourth-order valence-corrected chi connectivity index (χ4v) is 2.29. The molecule has 0 radical (unpaired) electrons. The Labute approximate surface area is 74.2 Å². The molecule has 1 heterocycles. The molecular formula is C9H10O2S. The Kier molecular flexibility index (Phi) is 2.23. The number of benzene rings is 1. The van der Waals surface area contributed by atoms with Gasteiger partial charge in [-0.2, -0.15) is 0 Å². The predicted molar refractivity (Wildman–Crippen MR) is 47.9 cm³/mol. The quantitative estimate of drug-likeness (QED) is 0.662. The molecule has 1 fully saturated rings. The molecule has 0 aromatic heterocycles. The summed E-state index contributed by atoms with van der Waals surface area (Å²) in [6.45, 7) is 0. The first-order valence-corrected chi connectivity index (χ1v) is 5.21. The highest BCUT2D eigenvalue weighted by Gasteiger charge is 2.22. The zero-order chi connectivity index (χ0) is 8.39. The largest absolute Gasteiger partial charge is 0.282 e. The van der Waals surface area contributed by atoms with Gasteiger partial charge in [-0.1, -0.05) is 30.3 Å². The molecule has 1 aliphatic rings. The summed E-state index contributed by atoms with van der Waals surface area (Å²) in [4.78, 5) is 0. The van der Waals surface area contributed by atoms with Crippen molar-refractivity contribution in [3.63, 3.8) is 0 Å². The van der Waals surface area contributed by atoms with Crippen molar-refractivity contribution in [2.45, 2.75) is 12.5 Å². The van der Waals surface area contributed by atoms with Crippen LogP contribution in [-0.4, -0.2) is 9.96 Å². The molecule has 1 aliphatic heterocycles. The van der Waals surface area contributed by atoms with Crippen molar-refractivity contribution < 1.29 is 8.39 Å². The summed E-state index contributed by atoms with van der Waals surface area (Å²) in [5.74, 6) is 0.666. The monoisotopic (exact) mass is 182 g/mol. The van der Waals surface area contributed by atoms with Gasteiger partial charge in [-0.3, -0.25) is 4.18 Å². The van der Waals surface area contributed by atoms with Crippen LogP contribution in [0.4, 0.5) is 0 Å². The van der Waals surface area contributed by atoms with Crippen LogP contribution in [0.2, 0.25) is 0 Å². The van der Waals surface area contributed by atoms with Crippen LogP contribution in [0.5, 0.6) is 0 Å². The Bertz CT molecular complexity index is 284. The van der Waals surface area contributed by atoms with Crippen molar-refractivity contribution in [1.82, 2.24) is 0 Å². The minimum atomic E-state index is -1.05. The van der Waals surface area contributed by atoms with Crippen molar-refractivity contribution in [2.24, 2.45) is 0 Å². The molecular weight excluding hydrogens is 172 g/mol. The van der Waals surface area contributed by atoms with Gasteiger partial charge >= 0.3 is 0 Å². The molecule has 12 heavy (non-hydrogen) atoms. The van der Waals surface area contributed by atoms with Crippen LogP contribution >= 0.6 is 0 Å². The van der Waals surface area contributed by atoms with Gasteiger partial charge in [-0.15, -0.1) is 0 Å². The highest BCUT2D eigenvalue weighted by Crippen LogP contribution is 2.27. The molecule has 2 rings (SSSR count). The lowest BCUT2D eigenvalue weighted by Gasteiger charge is -2.06. The fraction of sp³-hybridized carbons (Fsp3) is 0.333. The molecule has 0 N–H and O–H groups in total. The predicted octanol–water partition coefficient (Wildman–Crippen LogP) is 1.81. The first-order valence-electron chi connectivity index (χ1n) is 3.97. The topological polar surface area (TPSA) is 26.3 Å². The smallest absolute Gasteiger partial charge is 0.156 e. The molecule has 1 aromatic carbocycles. The zero-order valence-electron chi connectivity index (χ0n) is 6.60. The van der Waals surface area contributed by atoms with Crippen LogP contribution in [0.15, 0.2) is 30.3 Å². The summed E-state index contributed by atoms with van der Waals surface area (Å²) in [5.41, 5.74) is 1.13. The summed E-state index contributed by atoms with van der Waals surface area (Å²) < 4.78 is 16.1. The first kappa shape index (κ1) is 7.95. The van der Waals surface area contributed by atoms with Crippen molar-refractivity contribution in [3.05, 3.63) is 35.9 Å². The molecule has 0 aliphatic carbocycles. The van der Waals surface area contributed by atoms with Gasteiger partial charge in [0.15, 0.2) is 11.1 Å². The van der Waals surface area contributed by atoms with Crippen molar-refractivity contribution in [3.8, 4) is 0 Å². The Morgan fingerprint density at radius 1 is 1.33 bits per heavy atom. The van der Waals surface area contributed by atoms with Crippen LogP contribution in [0.3, 0.4) is 0 Å². The molecule has 0 spiro atoms. The van der Waals surface area contributed by atoms with Gasteiger partial charge in [0.25, 0.3) is 0 Å². The molecule has 0 bridgehead atoms. The van der Waals surface area contributed by atoms with Gasteiger partial charge in [0.1, 0.15) is 6.10 Å². The Balaban J connectivity index is 2.16. The second-order valence-corrected chi connectivity index (χ2v) is 4.00. The van der Waals surface area contributed by atoms with E-state index in [1.807, 2.05) is 30.3 Å². The van der Waals surface area contributed by atoms with E-state index in [1.54, 1.807) is 0 Å². The van der Waals surface area contributed by atoms with Crippen LogP contribution in [-0.2, 0) is 15.3 Å². The van der Waals surface area contributed by atoms with E-state index < -0.39 is 11.1 Å². The summed E-state index contributed by atoms with van der Waals surface area (Å²) in [6.07, 6.45) is 0.920.